The Balaban J connectivity index is 1.69. The summed E-state index contributed by atoms with van der Waals surface area (Å²) >= 11 is 0. The number of hydrogen-bond acceptors (Lipinski definition) is 3. The van der Waals surface area contributed by atoms with Gasteiger partial charge in [0.15, 0.2) is 0 Å². The van der Waals surface area contributed by atoms with Crippen LogP contribution in [0.4, 0.5) is 5.69 Å². The number of aliphatic carboxylic acids is 2. The van der Waals surface area contributed by atoms with Crippen LogP contribution >= 0.6 is 0 Å². The number of hydrogen-bond donors (Lipinski definition) is 3. The Bertz CT molecular complexity index is 639. The van der Waals surface area contributed by atoms with E-state index in [4.69, 9.17) is 5.11 Å². The summed E-state index contributed by atoms with van der Waals surface area (Å²) in [5, 5.41) is 20.9. The molecule has 2 saturated carbocycles. The summed E-state index contributed by atoms with van der Waals surface area (Å²) in [5.41, 5.74) is 1.22. The van der Waals surface area contributed by atoms with E-state index in [2.05, 4.69) is 5.32 Å². The molecular weight excluding hydrogens is 298 g/mol. The number of nitrogens with one attached hydrogen (secondary N) is 1. The number of benzene rings is 1. The summed E-state index contributed by atoms with van der Waals surface area (Å²) in [5.74, 6) is -2.80. The normalized spacial score (nSPS) is 28.5. The van der Waals surface area contributed by atoms with E-state index in [9.17, 15) is 19.5 Å². The molecule has 0 unspecified atom stereocenters. The molecule has 2 bridgehead atoms. The molecule has 2 aliphatic rings. The minimum Gasteiger partial charge on any atom is -0.481 e. The number of carboxylic acid groups (broad SMARTS) is 2. The number of carbonyl (C=O) groups is 3. The molecule has 122 valence electrons. The SMILES string of the molecule is O=C(O)Cc1ccc(NC(=O)[C@H]2[C@@H]3CC[C@@H](C3)[C@@H]2C(=O)O)cc1. The van der Waals surface area contributed by atoms with Crippen LogP contribution < -0.4 is 5.32 Å². The van der Waals surface area contributed by atoms with E-state index < -0.39 is 23.8 Å². The van der Waals surface area contributed by atoms with Crippen LogP contribution in [-0.4, -0.2) is 28.1 Å². The third-order valence-electron chi connectivity index (χ3n) is 5.08. The molecule has 3 N–H and O–H groups in total. The van der Waals surface area contributed by atoms with E-state index in [-0.39, 0.29) is 24.2 Å². The van der Waals surface area contributed by atoms with Crippen molar-refractivity contribution in [3.05, 3.63) is 29.8 Å². The summed E-state index contributed by atoms with van der Waals surface area (Å²) < 4.78 is 0. The van der Waals surface area contributed by atoms with Crippen LogP contribution in [0.3, 0.4) is 0 Å². The van der Waals surface area contributed by atoms with Crippen molar-refractivity contribution in [1.82, 2.24) is 0 Å². The first-order valence-corrected chi connectivity index (χ1v) is 7.80. The van der Waals surface area contributed by atoms with Crippen LogP contribution in [0.5, 0.6) is 0 Å². The fourth-order valence-electron chi connectivity index (χ4n) is 4.13. The van der Waals surface area contributed by atoms with Gasteiger partial charge in [0.05, 0.1) is 18.3 Å². The summed E-state index contributed by atoms with van der Waals surface area (Å²) in [6.07, 6.45) is 2.58. The lowest BCUT2D eigenvalue weighted by Gasteiger charge is -2.27. The first-order chi connectivity index (χ1) is 11.0. The largest absolute Gasteiger partial charge is 0.481 e. The molecule has 0 aromatic heterocycles. The van der Waals surface area contributed by atoms with Gasteiger partial charge in [0.25, 0.3) is 0 Å². The summed E-state index contributed by atoms with van der Waals surface area (Å²) in [4.78, 5) is 34.6. The maximum absolute atomic E-state index is 12.5. The zero-order chi connectivity index (χ0) is 16.6. The van der Waals surface area contributed by atoms with Crippen molar-refractivity contribution >= 4 is 23.5 Å². The molecule has 1 amide bonds. The molecule has 1 aromatic carbocycles. The quantitative estimate of drug-likeness (QED) is 0.770. The van der Waals surface area contributed by atoms with E-state index in [0.29, 0.717) is 11.3 Å². The lowest BCUT2D eigenvalue weighted by Crippen LogP contribution is -2.37. The van der Waals surface area contributed by atoms with E-state index in [1.807, 2.05) is 0 Å². The zero-order valence-corrected chi connectivity index (χ0v) is 12.6. The Morgan fingerprint density at radius 1 is 1.00 bits per heavy atom. The molecule has 2 aliphatic carbocycles. The first-order valence-electron chi connectivity index (χ1n) is 7.80. The van der Waals surface area contributed by atoms with Gasteiger partial charge in [-0.1, -0.05) is 12.1 Å². The Kier molecular flexibility index (Phi) is 4.07. The fourth-order valence-corrected chi connectivity index (χ4v) is 4.13. The molecule has 0 heterocycles. The topological polar surface area (TPSA) is 104 Å². The molecule has 0 radical (unpaired) electrons. The van der Waals surface area contributed by atoms with Gasteiger partial charge in [-0.15, -0.1) is 0 Å². The highest BCUT2D eigenvalue weighted by Crippen LogP contribution is 2.52. The molecular formula is C17H19NO5. The molecule has 0 spiro atoms. The molecule has 0 saturated heterocycles. The van der Waals surface area contributed by atoms with Gasteiger partial charge in [0, 0.05) is 5.69 Å². The highest BCUT2D eigenvalue weighted by atomic mass is 16.4. The number of amides is 1. The smallest absolute Gasteiger partial charge is 0.307 e. The molecule has 4 atom stereocenters. The van der Waals surface area contributed by atoms with Gasteiger partial charge in [0.2, 0.25) is 5.91 Å². The average molecular weight is 317 g/mol. The van der Waals surface area contributed by atoms with Crippen LogP contribution in [-0.2, 0) is 20.8 Å². The number of anilines is 1. The second kappa shape index (κ2) is 6.02. The predicted octanol–water partition coefficient (Wildman–Crippen LogP) is 2.00. The van der Waals surface area contributed by atoms with Crippen LogP contribution in [0.1, 0.15) is 24.8 Å². The van der Waals surface area contributed by atoms with Crippen molar-refractivity contribution in [2.45, 2.75) is 25.7 Å². The molecule has 0 aliphatic heterocycles. The first kappa shape index (κ1) is 15.5. The Labute approximate surface area is 133 Å². The van der Waals surface area contributed by atoms with E-state index in [1.54, 1.807) is 24.3 Å². The van der Waals surface area contributed by atoms with Crippen molar-refractivity contribution in [3.8, 4) is 0 Å². The van der Waals surface area contributed by atoms with Crippen molar-refractivity contribution in [1.29, 1.82) is 0 Å². The highest BCUT2D eigenvalue weighted by molar-refractivity contribution is 5.96. The minimum absolute atomic E-state index is 0.0678. The molecule has 2 fully saturated rings. The summed E-state index contributed by atoms with van der Waals surface area (Å²) in [6.45, 7) is 0. The maximum atomic E-state index is 12.5. The maximum Gasteiger partial charge on any atom is 0.307 e. The Morgan fingerprint density at radius 3 is 2.17 bits per heavy atom. The van der Waals surface area contributed by atoms with Gasteiger partial charge < -0.3 is 15.5 Å². The van der Waals surface area contributed by atoms with E-state index in [0.717, 1.165) is 19.3 Å². The highest BCUT2D eigenvalue weighted by Gasteiger charge is 2.53. The zero-order valence-electron chi connectivity index (χ0n) is 12.6. The van der Waals surface area contributed by atoms with Gasteiger partial charge in [0.1, 0.15) is 0 Å². The predicted molar refractivity (Wildman–Crippen MR) is 81.9 cm³/mol. The van der Waals surface area contributed by atoms with Gasteiger partial charge in [-0.05, 0) is 48.8 Å². The second-order valence-corrected chi connectivity index (χ2v) is 6.48. The molecule has 3 rings (SSSR count). The standard InChI is InChI=1S/C17H19NO5/c19-13(20)7-9-1-5-12(6-2-9)18-16(21)14-10-3-4-11(8-10)15(14)17(22)23/h1-2,5-6,10-11,14-15H,3-4,7-8H2,(H,18,21)(H,19,20)(H,22,23)/t10-,11+,14+,15+/m1/s1. The van der Waals surface area contributed by atoms with Crippen molar-refractivity contribution < 1.29 is 24.6 Å². The third kappa shape index (κ3) is 3.06. The van der Waals surface area contributed by atoms with Gasteiger partial charge in [-0.25, -0.2) is 0 Å². The minimum atomic E-state index is -0.909. The summed E-state index contributed by atoms with van der Waals surface area (Å²) in [6, 6.07) is 6.61. The Morgan fingerprint density at radius 2 is 1.61 bits per heavy atom. The van der Waals surface area contributed by atoms with E-state index in [1.165, 1.54) is 0 Å². The Hall–Kier alpha value is -2.37. The second-order valence-electron chi connectivity index (χ2n) is 6.48. The lowest BCUT2D eigenvalue weighted by molar-refractivity contribution is -0.148. The van der Waals surface area contributed by atoms with Crippen molar-refractivity contribution in [2.75, 3.05) is 5.32 Å². The fraction of sp³-hybridized carbons (Fsp3) is 0.471. The number of carboxylic acids is 2. The summed E-state index contributed by atoms with van der Waals surface area (Å²) in [7, 11) is 0. The van der Waals surface area contributed by atoms with Crippen LogP contribution in [0, 0.1) is 23.7 Å². The molecule has 6 nitrogen and oxygen atoms in total. The monoisotopic (exact) mass is 317 g/mol. The lowest BCUT2D eigenvalue weighted by atomic mass is 9.78. The van der Waals surface area contributed by atoms with Crippen LogP contribution in [0.2, 0.25) is 0 Å². The van der Waals surface area contributed by atoms with Crippen LogP contribution in [0.15, 0.2) is 24.3 Å². The average Bonchev–Trinajstić information content (AvgIpc) is 3.09. The molecule has 6 heteroatoms. The van der Waals surface area contributed by atoms with Gasteiger partial charge >= 0.3 is 11.9 Å². The van der Waals surface area contributed by atoms with Crippen molar-refractivity contribution in [3.63, 3.8) is 0 Å². The van der Waals surface area contributed by atoms with Crippen LogP contribution in [0.25, 0.3) is 0 Å². The van der Waals surface area contributed by atoms with E-state index >= 15 is 0 Å². The molecule has 23 heavy (non-hydrogen) atoms. The van der Waals surface area contributed by atoms with Gasteiger partial charge in [-0.2, -0.15) is 0 Å². The number of carbonyl (C=O) groups excluding carboxylic acids is 1. The number of fused-ring (bicyclic) bond motifs is 2. The third-order valence-corrected chi connectivity index (χ3v) is 5.08. The molecule has 1 aromatic rings. The number of rotatable bonds is 5. The van der Waals surface area contributed by atoms with Gasteiger partial charge in [-0.3, -0.25) is 14.4 Å². The van der Waals surface area contributed by atoms with Crippen molar-refractivity contribution in [2.24, 2.45) is 23.7 Å².